The first-order valence-corrected chi connectivity index (χ1v) is 4.92. The zero-order valence-electron chi connectivity index (χ0n) is 9.05. The zero-order chi connectivity index (χ0) is 11.4. The third-order valence-electron chi connectivity index (χ3n) is 2.34. The number of hydrogen-bond acceptors (Lipinski definition) is 3. The van der Waals surface area contributed by atoms with Gasteiger partial charge in [-0.15, -0.1) is 0 Å². The highest BCUT2D eigenvalue weighted by Crippen LogP contribution is 2.21. The molecule has 1 rings (SSSR count). The molecular formula is C11H15NO3. The Morgan fingerprint density at radius 2 is 2.27 bits per heavy atom. The lowest BCUT2D eigenvalue weighted by atomic mass is 9.95. The molecule has 1 amide bonds. The van der Waals surface area contributed by atoms with Crippen molar-refractivity contribution in [1.29, 1.82) is 0 Å². The van der Waals surface area contributed by atoms with Crippen molar-refractivity contribution < 1.29 is 14.3 Å². The van der Waals surface area contributed by atoms with Gasteiger partial charge in [0.25, 0.3) is 0 Å². The number of amides is 1. The van der Waals surface area contributed by atoms with Crippen molar-refractivity contribution in [2.75, 3.05) is 13.2 Å². The van der Waals surface area contributed by atoms with Gasteiger partial charge in [0.1, 0.15) is 0 Å². The summed E-state index contributed by atoms with van der Waals surface area (Å²) in [5, 5.41) is 2.70. The number of esters is 1. The summed E-state index contributed by atoms with van der Waals surface area (Å²) < 4.78 is 4.84. The molecule has 0 fully saturated rings. The number of hydrogen-bond donors (Lipinski definition) is 1. The van der Waals surface area contributed by atoms with Gasteiger partial charge in [-0.2, -0.15) is 0 Å². The molecule has 0 saturated heterocycles. The molecule has 1 N–H and O–H groups in total. The lowest BCUT2D eigenvalue weighted by Crippen LogP contribution is -2.31. The maximum atomic E-state index is 11.4. The molecule has 0 spiro atoms. The molecule has 4 heteroatoms. The van der Waals surface area contributed by atoms with Crippen molar-refractivity contribution in [3.05, 3.63) is 23.3 Å². The van der Waals surface area contributed by atoms with Crippen LogP contribution in [-0.2, 0) is 14.3 Å². The van der Waals surface area contributed by atoms with Gasteiger partial charge in [-0.3, -0.25) is 4.79 Å². The fourth-order valence-electron chi connectivity index (χ4n) is 1.48. The van der Waals surface area contributed by atoms with Crippen LogP contribution in [0.15, 0.2) is 23.3 Å². The number of carbonyl (C=O) groups excluding carboxylic acids is 2. The van der Waals surface area contributed by atoms with Crippen LogP contribution in [0.4, 0.5) is 0 Å². The van der Waals surface area contributed by atoms with Crippen LogP contribution in [0, 0.1) is 0 Å². The van der Waals surface area contributed by atoms with Gasteiger partial charge in [0.15, 0.2) is 0 Å². The summed E-state index contributed by atoms with van der Waals surface area (Å²) in [4.78, 5) is 22.7. The van der Waals surface area contributed by atoms with Gasteiger partial charge in [0, 0.05) is 12.1 Å². The van der Waals surface area contributed by atoms with Crippen LogP contribution >= 0.6 is 0 Å². The van der Waals surface area contributed by atoms with Gasteiger partial charge in [-0.25, -0.2) is 4.79 Å². The summed E-state index contributed by atoms with van der Waals surface area (Å²) in [5.74, 6) is -0.580. The van der Waals surface area contributed by atoms with Crippen molar-refractivity contribution in [1.82, 2.24) is 5.32 Å². The molecule has 0 radical (unpaired) electrons. The number of nitrogens with one attached hydrogen (secondary N) is 1. The Morgan fingerprint density at radius 1 is 1.60 bits per heavy atom. The van der Waals surface area contributed by atoms with Crippen LogP contribution in [-0.4, -0.2) is 25.0 Å². The van der Waals surface area contributed by atoms with Gasteiger partial charge >= 0.3 is 5.97 Å². The van der Waals surface area contributed by atoms with E-state index >= 15 is 0 Å². The minimum atomic E-state index is -0.443. The van der Waals surface area contributed by atoms with Crippen LogP contribution in [0.5, 0.6) is 0 Å². The highest BCUT2D eigenvalue weighted by atomic mass is 16.5. The van der Waals surface area contributed by atoms with Gasteiger partial charge in [0.2, 0.25) is 5.91 Å². The quantitative estimate of drug-likeness (QED) is 0.556. The average Bonchev–Trinajstić information content (AvgIpc) is 2.21. The Morgan fingerprint density at radius 3 is 2.87 bits per heavy atom. The van der Waals surface area contributed by atoms with Crippen LogP contribution < -0.4 is 5.32 Å². The maximum absolute atomic E-state index is 11.4. The van der Waals surface area contributed by atoms with E-state index in [0.717, 1.165) is 0 Å². The zero-order valence-corrected chi connectivity index (χ0v) is 9.05. The fourth-order valence-corrected chi connectivity index (χ4v) is 1.48. The van der Waals surface area contributed by atoms with Crippen LogP contribution in [0.1, 0.15) is 20.3 Å². The Hall–Kier alpha value is -1.58. The third kappa shape index (κ3) is 2.46. The largest absolute Gasteiger partial charge is 0.462 e. The third-order valence-corrected chi connectivity index (χ3v) is 2.34. The van der Waals surface area contributed by atoms with Crippen molar-refractivity contribution in [2.24, 2.45) is 0 Å². The summed E-state index contributed by atoms with van der Waals surface area (Å²) in [6.07, 6.45) is 0.634. The van der Waals surface area contributed by atoms with E-state index in [9.17, 15) is 9.59 Å². The van der Waals surface area contributed by atoms with Gasteiger partial charge in [-0.05, 0) is 25.8 Å². The number of carbonyl (C=O) groups is 2. The summed E-state index contributed by atoms with van der Waals surface area (Å²) in [6.45, 7) is 7.96. The first-order valence-electron chi connectivity index (χ1n) is 4.92. The molecule has 0 aromatic rings. The molecule has 0 atom stereocenters. The molecule has 0 saturated carbocycles. The van der Waals surface area contributed by atoms with E-state index in [1.807, 2.05) is 0 Å². The number of ether oxygens (including phenoxy) is 1. The molecule has 4 nitrogen and oxygen atoms in total. The van der Waals surface area contributed by atoms with Gasteiger partial charge in [-0.1, -0.05) is 6.58 Å². The Kier molecular flexibility index (Phi) is 3.66. The summed E-state index contributed by atoms with van der Waals surface area (Å²) in [5.41, 5.74) is 1.56. The van der Waals surface area contributed by atoms with Crippen molar-refractivity contribution >= 4 is 11.9 Å². The average molecular weight is 209 g/mol. The molecule has 1 aliphatic rings. The second-order valence-corrected chi connectivity index (χ2v) is 3.31. The normalized spacial score (nSPS) is 16.0. The predicted octanol–water partition coefficient (Wildman–Crippen LogP) is 0.942. The Bertz CT molecular complexity index is 342. The second-order valence-electron chi connectivity index (χ2n) is 3.31. The monoisotopic (exact) mass is 209 g/mol. The van der Waals surface area contributed by atoms with Crippen LogP contribution in [0.3, 0.4) is 0 Å². The molecule has 1 aliphatic heterocycles. The van der Waals surface area contributed by atoms with E-state index in [-0.39, 0.29) is 5.91 Å². The van der Waals surface area contributed by atoms with Crippen molar-refractivity contribution in [3.63, 3.8) is 0 Å². The smallest absolute Gasteiger partial charge is 0.337 e. The van der Waals surface area contributed by atoms with E-state index in [1.165, 1.54) is 0 Å². The molecule has 0 unspecified atom stereocenters. The van der Waals surface area contributed by atoms with Crippen molar-refractivity contribution in [3.8, 4) is 0 Å². The number of rotatable bonds is 3. The molecule has 0 aliphatic carbocycles. The van der Waals surface area contributed by atoms with Crippen LogP contribution in [0.2, 0.25) is 0 Å². The van der Waals surface area contributed by atoms with Crippen molar-refractivity contribution in [2.45, 2.75) is 20.3 Å². The van der Waals surface area contributed by atoms with E-state index in [1.54, 1.807) is 13.8 Å². The molecular weight excluding hydrogens is 194 g/mol. The lowest BCUT2D eigenvalue weighted by Gasteiger charge is -2.18. The van der Waals surface area contributed by atoms with Gasteiger partial charge < -0.3 is 10.1 Å². The fraction of sp³-hybridized carbons (Fsp3) is 0.455. The molecule has 0 aromatic carbocycles. The topological polar surface area (TPSA) is 55.4 Å². The second kappa shape index (κ2) is 4.77. The minimum Gasteiger partial charge on any atom is -0.462 e. The lowest BCUT2D eigenvalue weighted by molar-refractivity contribution is -0.138. The maximum Gasteiger partial charge on any atom is 0.337 e. The highest BCUT2D eigenvalue weighted by Gasteiger charge is 2.22. The molecule has 1 heterocycles. The van der Waals surface area contributed by atoms with Crippen LogP contribution in [0.25, 0.3) is 0 Å². The van der Waals surface area contributed by atoms with Gasteiger partial charge in [0.05, 0.1) is 12.2 Å². The van der Waals surface area contributed by atoms with E-state index in [0.29, 0.717) is 36.3 Å². The summed E-state index contributed by atoms with van der Waals surface area (Å²) in [6, 6.07) is 0. The predicted molar refractivity (Wildman–Crippen MR) is 56.1 cm³/mol. The van der Waals surface area contributed by atoms with E-state index in [4.69, 9.17) is 4.74 Å². The summed E-state index contributed by atoms with van der Waals surface area (Å²) >= 11 is 0. The Labute approximate surface area is 89.0 Å². The standard InChI is InChI=1S/C11H15NO3/c1-4-15-11(14)8(3)9-5-6-12-10(13)7(9)2/h3-6H2,1-2H3,(H,12,13). The SMILES string of the molecule is C=C(C(=O)OCC)C1=C(C)C(=O)NCC1. The van der Waals surface area contributed by atoms with E-state index < -0.39 is 5.97 Å². The molecule has 82 valence electrons. The molecule has 0 aromatic heterocycles. The minimum absolute atomic E-state index is 0.137. The molecule has 0 bridgehead atoms. The highest BCUT2D eigenvalue weighted by molar-refractivity contribution is 6.00. The molecule has 15 heavy (non-hydrogen) atoms. The summed E-state index contributed by atoms with van der Waals surface area (Å²) in [7, 11) is 0. The first-order chi connectivity index (χ1) is 7.07. The first kappa shape index (κ1) is 11.5. The Balaban J connectivity index is 2.87. The van der Waals surface area contributed by atoms with E-state index in [2.05, 4.69) is 11.9 Å².